The molecule has 0 spiro atoms. The number of hydrogen-bond acceptors (Lipinski definition) is 3. The fourth-order valence-electron chi connectivity index (χ4n) is 2.47. The predicted octanol–water partition coefficient (Wildman–Crippen LogP) is 3.24. The third kappa shape index (κ3) is 2.65. The molecule has 0 atom stereocenters. The van der Waals surface area contributed by atoms with E-state index < -0.39 is 0 Å². The summed E-state index contributed by atoms with van der Waals surface area (Å²) in [4.78, 5) is 17.2. The minimum absolute atomic E-state index is 0.115. The van der Waals surface area contributed by atoms with Crippen molar-refractivity contribution in [3.8, 4) is 5.75 Å². The fraction of sp³-hybridized carbons (Fsp3) is 0.176. The van der Waals surface area contributed by atoms with Gasteiger partial charge in [0.1, 0.15) is 17.1 Å². The maximum Gasteiger partial charge on any atom is 0.274 e. The fourth-order valence-corrected chi connectivity index (χ4v) is 2.47. The molecule has 0 radical (unpaired) electrons. The van der Waals surface area contributed by atoms with Crippen LogP contribution in [-0.2, 0) is 6.42 Å². The largest absolute Gasteiger partial charge is 0.508 e. The Balaban J connectivity index is 2.00. The van der Waals surface area contributed by atoms with E-state index in [1.54, 1.807) is 22.6 Å². The van der Waals surface area contributed by atoms with E-state index in [4.69, 9.17) is 0 Å². The first-order valence-electron chi connectivity index (χ1n) is 7.25. The van der Waals surface area contributed by atoms with Crippen LogP contribution in [0.15, 0.2) is 48.7 Å². The summed E-state index contributed by atoms with van der Waals surface area (Å²) in [7, 11) is 0. The molecule has 2 heterocycles. The second kappa shape index (κ2) is 5.89. The summed E-state index contributed by atoms with van der Waals surface area (Å²) in [5.41, 5.74) is 2.64. The molecule has 0 aliphatic heterocycles. The van der Waals surface area contributed by atoms with E-state index in [2.05, 4.69) is 17.2 Å². The molecule has 3 rings (SSSR count). The van der Waals surface area contributed by atoms with Crippen molar-refractivity contribution in [2.24, 2.45) is 0 Å². The zero-order valence-electron chi connectivity index (χ0n) is 12.3. The topological polar surface area (TPSA) is 66.6 Å². The van der Waals surface area contributed by atoms with Crippen molar-refractivity contribution in [1.29, 1.82) is 0 Å². The van der Waals surface area contributed by atoms with Crippen molar-refractivity contribution >= 4 is 17.2 Å². The number of imidazole rings is 1. The zero-order chi connectivity index (χ0) is 15.5. The Kier molecular flexibility index (Phi) is 3.78. The van der Waals surface area contributed by atoms with E-state index in [-0.39, 0.29) is 11.7 Å². The smallest absolute Gasteiger partial charge is 0.274 e. The summed E-state index contributed by atoms with van der Waals surface area (Å²) in [6, 6.07) is 12.1. The first kappa shape index (κ1) is 14.1. The lowest BCUT2D eigenvalue weighted by Crippen LogP contribution is -2.16. The van der Waals surface area contributed by atoms with Crippen molar-refractivity contribution < 1.29 is 9.90 Å². The average molecular weight is 295 g/mol. The van der Waals surface area contributed by atoms with E-state index in [1.807, 2.05) is 24.4 Å². The number of rotatable bonds is 4. The number of benzene rings is 1. The van der Waals surface area contributed by atoms with E-state index in [0.717, 1.165) is 24.2 Å². The Morgan fingerprint density at radius 3 is 2.91 bits per heavy atom. The molecule has 0 aliphatic carbocycles. The van der Waals surface area contributed by atoms with Crippen molar-refractivity contribution in [2.45, 2.75) is 19.8 Å². The summed E-state index contributed by atoms with van der Waals surface area (Å²) in [5, 5.41) is 12.3. The van der Waals surface area contributed by atoms with Crippen LogP contribution in [0.2, 0.25) is 0 Å². The molecule has 1 amide bonds. The molecule has 22 heavy (non-hydrogen) atoms. The van der Waals surface area contributed by atoms with E-state index in [9.17, 15) is 9.90 Å². The first-order valence-corrected chi connectivity index (χ1v) is 7.25. The van der Waals surface area contributed by atoms with Gasteiger partial charge >= 0.3 is 0 Å². The SMILES string of the molecule is CCCc1nc2ccccn2c1C(=O)Nc1cccc(O)c1. The standard InChI is InChI=1S/C17H17N3O2/c1-2-6-14-16(20-10-4-3-9-15(20)19-14)17(22)18-12-7-5-8-13(21)11-12/h3-5,7-11,21H,2,6H2,1H3,(H,18,22). The molecule has 0 aliphatic rings. The molecule has 2 aromatic heterocycles. The van der Waals surface area contributed by atoms with Crippen LogP contribution >= 0.6 is 0 Å². The molecule has 112 valence electrons. The van der Waals surface area contributed by atoms with Crippen LogP contribution < -0.4 is 5.32 Å². The predicted molar refractivity (Wildman–Crippen MR) is 85.2 cm³/mol. The van der Waals surface area contributed by atoms with Gasteiger partial charge in [-0.1, -0.05) is 25.5 Å². The number of aromatic hydroxyl groups is 1. The number of hydrogen-bond donors (Lipinski definition) is 2. The number of carbonyl (C=O) groups is 1. The highest BCUT2D eigenvalue weighted by Gasteiger charge is 2.18. The molecule has 3 aromatic rings. The van der Waals surface area contributed by atoms with Gasteiger partial charge in [-0.2, -0.15) is 0 Å². The molecular formula is C17H17N3O2. The van der Waals surface area contributed by atoms with Crippen LogP contribution in [0.1, 0.15) is 29.5 Å². The van der Waals surface area contributed by atoms with Crippen LogP contribution in [0, 0.1) is 0 Å². The molecule has 0 saturated carbocycles. The third-order valence-electron chi connectivity index (χ3n) is 3.41. The van der Waals surface area contributed by atoms with Crippen molar-refractivity contribution in [3.63, 3.8) is 0 Å². The highest BCUT2D eigenvalue weighted by molar-refractivity contribution is 6.04. The Morgan fingerprint density at radius 1 is 1.27 bits per heavy atom. The van der Waals surface area contributed by atoms with Crippen LogP contribution in [0.3, 0.4) is 0 Å². The van der Waals surface area contributed by atoms with Crippen molar-refractivity contribution in [3.05, 3.63) is 60.0 Å². The van der Waals surface area contributed by atoms with Gasteiger partial charge in [0.05, 0.1) is 5.69 Å². The van der Waals surface area contributed by atoms with Gasteiger partial charge in [-0.05, 0) is 30.7 Å². The number of aromatic nitrogens is 2. The van der Waals surface area contributed by atoms with Gasteiger partial charge in [-0.3, -0.25) is 9.20 Å². The van der Waals surface area contributed by atoms with Crippen LogP contribution in [0.5, 0.6) is 5.75 Å². The molecule has 5 heteroatoms. The number of pyridine rings is 1. The molecule has 2 N–H and O–H groups in total. The van der Waals surface area contributed by atoms with Crippen LogP contribution in [0.4, 0.5) is 5.69 Å². The van der Waals surface area contributed by atoms with Crippen molar-refractivity contribution in [2.75, 3.05) is 5.32 Å². The van der Waals surface area contributed by atoms with Gasteiger partial charge in [0, 0.05) is 18.0 Å². The van der Waals surface area contributed by atoms with Gasteiger partial charge in [0.25, 0.3) is 5.91 Å². The Hall–Kier alpha value is -2.82. The zero-order valence-corrected chi connectivity index (χ0v) is 12.3. The maximum absolute atomic E-state index is 12.6. The molecule has 5 nitrogen and oxygen atoms in total. The third-order valence-corrected chi connectivity index (χ3v) is 3.41. The normalized spacial score (nSPS) is 10.8. The molecule has 0 bridgehead atoms. The monoisotopic (exact) mass is 295 g/mol. The summed E-state index contributed by atoms with van der Waals surface area (Å²) < 4.78 is 1.79. The second-order valence-corrected chi connectivity index (χ2v) is 5.09. The van der Waals surface area contributed by atoms with Crippen LogP contribution in [-0.4, -0.2) is 20.4 Å². The van der Waals surface area contributed by atoms with E-state index in [1.165, 1.54) is 6.07 Å². The number of anilines is 1. The molecule has 0 fully saturated rings. The molecule has 0 saturated heterocycles. The average Bonchev–Trinajstić information content (AvgIpc) is 2.85. The Labute approximate surface area is 128 Å². The summed E-state index contributed by atoms with van der Waals surface area (Å²) in [6.07, 6.45) is 3.49. The lowest BCUT2D eigenvalue weighted by Gasteiger charge is -2.07. The molecular weight excluding hydrogens is 278 g/mol. The number of phenolic OH excluding ortho intramolecular Hbond substituents is 1. The van der Waals surface area contributed by atoms with Gasteiger partial charge in [-0.25, -0.2) is 4.98 Å². The lowest BCUT2D eigenvalue weighted by molar-refractivity contribution is 0.102. The first-order chi connectivity index (χ1) is 10.7. The highest BCUT2D eigenvalue weighted by Crippen LogP contribution is 2.19. The number of amides is 1. The number of fused-ring (bicyclic) bond motifs is 1. The van der Waals surface area contributed by atoms with Crippen molar-refractivity contribution in [1.82, 2.24) is 9.38 Å². The van der Waals surface area contributed by atoms with Crippen LogP contribution in [0.25, 0.3) is 5.65 Å². The lowest BCUT2D eigenvalue weighted by atomic mass is 10.2. The molecule has 0 unspecified atom stereocenters. The number of nitrogens with one attached hydrogen (secondary N) is 1. The number of carbonyl (C=O) groups excluding carboxylic acids is 1. The van der Waals surface area contributed by atoms with Gasteiger partial charge in [0.2, 0.25) is 0 Å². The minimum atomic E-state index is -0.229. The highest BCUT2D eigenvalue weighted by atomic mass is 16.3. The Bertz CT molecular complexity index is 824. The quantitative estimate of drug-likeness (QED) is 0.776. The summed E-state index contributed by atoms with van der Waals surface area (Å²) >= 11 is 0. The number of aryl methyl sites for hydroxylation is 1. The minimum Gasteiger partial charge on any atom is -0.508 e. The van der Waals surface area contributed by atoms with E-state index >= 15 is 0 Å². The number of nitrogens with zero attached hydrogens (tertiary/aromatic N) is 2. The van der Waals surface area contributed by atoms with E-state index in [0.29, 0.717) is 11.4 Å². The molecule has 1 aromatic carbocycles. The van der Waals surface area contributed by atoms with Gasteiger partial charge < -0.3 is 10.4 Å². The maximum atomic E-state index is 12.6. The summed E-state index contributed by atoms with van der Waals surface area (Å²) in [6.45, 7) is 2.06. The Morgan fingerprint density at radius 2 is 2.14 bits per heavy atom. The number of phenols is 1. The van der Waals surface area contributed by atoms with Gasteiger partial charge in [-0.15, -0.1) is 0 Å². The van der Waals surface area contributed by atoms with Gasteiger partial charge in [0.15, 0.2) is 0 Å². The second-order valence-electron chi connectivity index (χ2n) is 5.09. The summed E-state index contributed by atoms with van der Waals surface area (Å²) in [5.74, 6) is -0.113.